The first-order chi connectivity index (χ1) is 14.2. The fourth-order valence-corrected chi connectivity index (χ4v) is 6.69. The fourth-order valence-electron chi connectivity index (χ4n) is 4.65. The molecule has 2 fully saturated rings. The Hall–Kier alpha value is -1.48. The third-order valence-electron chi connectivity index (χ3n) is 6.66. The summed E-state index contributed by atoms with van der Waals surface area (Å²) in [6, 6.07) is 1.91. The molecule has 2 aliphatic heterocycles. The first-order valence-corrected chi connectivity index (χ1v) is 12.2. The molecule has 168 valence electrons. The van der Waals surface area contributed by atoms with Crippen LogP contribution in [0.2, 0.25) is 0 Å². The number of hydrogen-bond acceptors (Lipinski definition) is 5. The van der Waals surface area contributed by atoms with Crippen LogP contribution < -0.4 is 0 Å². The topological polar surface area (TPSA) is 70.2 Å². The zero-order valence-corrected chi connectivity index (χ0v) is 19.7. The number of ether oxygens (including phenoxy) is 1. The van der Waals surface area contributed by atoms with E-state index >= 15 is 0 Å². The minimum Gasteiger partial charge on any atom is -0.383 e. The highest BCUT2D eigenvalue weighted by atomic mass is 32.2. The zero-order chi connectivity index (χ0) is 22.1. The Morgan fingerprint density at radius 3 is 2.30 bits per heavy atom. The summed E-state index contributed by atoms with van der Waals surface area (Å²) in [5.74, 6) is 0.143. The fraction of sp³-hybridized carbons (Fsp3) is 0.682. The molecule has 0 saturated carbocycles. The molecule has 30 heavy (non-hydrogen) atoms. The van der Waals surface area contributed by atoms with Crippen molar-refractivity contribution in [3.8, 4) is 0 Å². The molecule has 1 atom stereocenters. The maximum Gasteiger partial charge on any atom is 0.243 e. The maximum absolute atomic E-state index is 13.6. The molecular weight excluding hydrogens is 402 g/mol. The average molecular weight is 438 g/mol. The molecule has 0 unspecified atom stereocenters. The monoisotopic (exact) mass is 437 g/mol. The van der Waals surface area contributed by atoms with Gasteiger partial charge in [0, 0.05) is 46.4 Å². The van der Waals surface area contributed by atoms with Gasteiger partial charge in [0.05, 0.1) is 17.5 Å². The molecule has 0 spiro atoms. The van der Waals surface area contributed by atoms with Gasteiger partial charge < -0.3 is 9.64 Å². The molecule has 2 aliphatic rings. The Bertz CT molecular complexity index is 874. The minimum atomic E-state index is -3.58. The van der Waals surface area contributed by atoms with Gasteiger partial charge in [-0.25, -0.2) is 8.42 Å². The molecule has 0 aliphatic carbocycles. The van der Waals surface area contributed by atoms with E-state index in [1.54, 1.807) is 11.4 Å². The van der Waals surface area contributed by atoms with Crippen molar-refractivity contribution < 1.29 is 17.9 Å². The van der Waals surface area contributed by atoms with Crippen LogP contribution in [0.15, 0.2) is 11.0 Å². The molecule has 0 bridgehead atoms. The van der Waals surface area contributed by atoms with E-state index in [0.29, 0.717) is 37.7 Å². The molecule has 1 aromatic rings. The van der Waals surface area contributed by atoms with Crippen LogP contribution in [-0.4, -0.2) is 87.5 Å². The Balaban J connectivity index is 1.75. The second-order valence-electron chi connectivity index (χ2n) is 8.51. The maximum atomic E-state index is 13.6. The van der Waals surface area contributed by atoms with Crippen LogP contribution >= 0.6 is 0 Å². The summed E-state index contributed by atoms with van der Waals surface area (Å²) in [4.78, 5) is 17.3. The van der Waals surface area contributed by atoms with E-state index in [9.17, 15) is 13.2 Å². The van der Waals surface area contributed by atoms with E-state index in [4.69, 9.17) is 4.74 Å². The molecule has 7 nitrogen and oxygen atoms in total. The lowest BCUT2D eigenvalue weighted by Gasteiger charge is -2.27. The number of sulfonamides is 1. The van der Waals surface area contributed by atoms with Crippen LogP contribution in [0.4, 0.5) is 0 Å². The molecule has 8 heteroatoms. The SMILES string of the molecule is COCCN1CC[C@H](N2CCCN(S(=O)(=O)c3c(C)c(C)cc(C)c3C)CC2)C1=O. The smallest absolute Gasteiger partial charge is 0.243 e. The van der Waals surface area contributed by atoms with E-state index in [-0.39, 0.29) is 11.9 Å². The number of likely N-dealkylation sites (tertiary alicyclic amines) is 1. The van der Waals surface area contributed by atoms with Crippen molar-refractivity contribution >= 4 is 15.9 Å². The Labute approximate surface area is 181 Å². The third-order valence-corrected chi connectivity index (χ3v) is 8.83. The summed E-state index contributed by atoms with van der Waals surface area (Å²) >= 11 is 0. The zero-order valence-electron chi connectivity index (χ0n) is 18.9. The lowest BCUT2D eigenvalue weighted by molar-refractivity contribution is -0.132. The van der Waals surface area contributed by atoms with Crippen molar-refractivity contribution in [3.05, 3.63) is 28.3 Å². The number of carbonyl (C=O) groups is 1. The highest BCUT2D eigenvalue weighted by Crippen LogP contribution is 2.29. The number of rotatable bonds is 6. The summed E-state index contributed by atoms with van der Waals surface area (Å²) in [5, 5.41) is 0. The lowest BCUT2D eigenvalue weighted by atomic mass is 10.0. The van der Waals surface area contributed by atoms with Gasteiger partial charge in [0.2, 0.25) is 15.9 Å². The second kappa shape index (κ2) is 9.34. The predicted molar refractivity (Wildman–Crippen MR) is 117 cm³/mol. The average Bonchev–Trinajstić information content (AvgIpc) is 2.90. The van der Waals surface area contributed by atoms with Crippen molar-refractivity contribution in [1.82, 2.24) is 14.1 Å². The molecule has 2 heterocycles. The van der Waals surface area contributed by atoms with E-state index < -0.39 is 10.0 Å². The number of benzene rings is 1. The van der Waals surface area contributed by atoms with Crippen LogP contribution in [0, 0.1) is 27.7 Å². The highest BCUT2D eigenvalue weighted by Gasteiger charge is 2.38. The lowest BCUT2D eigenvalue weighted by Crippen LogP contribution is -2.44. The predicted octanol–water partition coefficient (Wildman–Crippen LogP) is 1.86. The number of aryl methyl sites for hydroxylation is 2. The molecule has 0 aromatic heterocycles. The van der Waals surface area contributed by atoms with Gasteiger partial charge in [0.1, 0.15) is 0 Å². The van der Waals surface area contributed by atoms with E-state index in [1.165, 1.54) is 0 Å². The quantitative estimate of drug-likeness (QED) is 0.680. The minimum absolute atomic E-state index is 0.143. The van der Waals surface area contributed by atoms with Crippen molar-refractivity contribution in [2.75, 3.05) is 53.0 Å². The first-order valence-electron chi connectivity index (χ1n) is 10.8. The van der Waals surface area contributed by atoms with Crippen LogP contribution in [-0.2, 0) is 19.6 Å². The van der Waals surface area contributed by atoms with Gasteiger partial charge in [0.15, 0.2) is 0 Å². The number of carbonyl (C=O) groups excluding carboxylic acids is 1. The van der Waals surface area contributed by atoms with Gasteiger partial charge in [-0.15, -0.1) is 0 Å². The number of amides is 1. The highest BCUT2D eigenvalue weighted by molar-refractivity contribution is 7.89. The van der Waals surface area contributed by atoms with Crippen molar-refractivity contribution in [3.63, 3.8) is 0 Å². The Morgan fingerprint density at radius 2 is 1.67 bits per heavy atom. The standard InChI is InChI=1S/C22H35N3O4S/c1-16-15-17(2)19(4)21(18(16)3)30(27,28)25-9-6-8-23(11-12-25)20-7-10-24(22(20)26)13-14-29-5/h15,20H,6-14H2,1-5H3/t20-/m0/s1. The number of hydrogen-bond donors (Lipinski definition) is 0. The van der Waals surface area contributed by atoms with Crippen LogP contribution in [0.1, 0.15) is 35.1 Å². The Kier molecular flexibility index (Phi) is 7.22. The van der Waals surface area contributed by atoms with Crippen molar-refractivity contribution in [1.29, 1.82) is 0 Å². The summed E-state index contributed by atoms with van der Waals surface area (Å²) in [5.41, 5.74) is 3.67. The molecular formula is C22H35N3O4S. The summed E-state index contributed by atoms with van der Waals surface area (Å²) in [6.07, 6.45) is 1.52. The van der Waals surface area contributed by atoms with Gasteiger partial charge in [0.25, 0.3) is 0 Å². The van der Waals surface area contributed by atoms with Gasteiger partial charge in [-0.2, -0.15) is 4.31 Å². The van der Waals surface area contributed by atoms with Crippen LogP contribution in [0.25, 0.3) is 0 Å². The first kappa shape index (κ1) is 23.2. The van der Waals surface area contributed by atoms with Crippen LogP contribution in [0.5, 0.6) is 0 Å². The second-order valence-corrected chi connectivity index (χ2v) is 10.4. The molecule has 0 radical (unpaired) electrons. The molecule has 1 amide bonds. The van der Waals surface area contributed by atoms with Gasteiger partial charge >= 0.3 is 0 Å². The molecule has 1 aromatic carbocycles. The third kappa shape index (κ3) is 4.42. The Morgan fingerprint density at radius 1 is 1.00 bits per heavy atom. The number of methoxy groups -OCH3 is 1. The normalized spacial score (nSPS) is 22.0. The van der Waals surface area contributed by atoms with Crippen LogP contribution in [0.3, 0.4) is 0 Å². The van der Waals surface area contributed by atoms with Crippen molar-refractivity contribution in [2.24, 2.45) is 0 Å². The van der Waals surface area contributed by atoms with Crippen molar-refractivity contribution in [2.45, 2.75) is 51.5 Å². The summed E-state index contributed by atoms with van der Waals surface area (Å²) in [7, 11) is -1.94. The van der Waals surface area contributed by atoms with Gasteiger partial charge in [-0.1, -0.05) is 6.07 Å². The van der Waals surface area contributed by atoms with E-state index in [0.717, 1.165) is 48.2 Å². The molecule has 3 rings (SSSR count). The molecule has 2 saturated heterocycles. The van der Waals surface area contributed by atoms with Gasteiger partial charge in [-0.05, 0) is 62.8 Å². The number of nitrogens with zero attached hydrogens (tertiary/aromatic N) is 3. The summed E-state index contributed by atoms with van der Waals surface area (Å²) in [6.45, 7) is 11.8. The largest absolute Gasteiger partial charge is 0.383 e. The van der Waals surface area contributed by atoms with E-state index in [2.05, 4.69) is 11.0 Å². The van der Waals surface area contributed by atoms with E-state index in [1.807, 2.05) is 32.6 Å². The molecule has 0 N–H and O–H groups in total. The summed E-state index contributed by atoms with van der Waals surface area (Å²) < 4.78 is 33.8. The van der Waals surface area contributed by atoms with Gasteiger partial charge in [-0.3, -0.25) is 9.69 Å².